The Morgan fingerprint density at radius 1 is 1.06 bits per heavy atom. The van der Waals surface area contributed by atoms with Crippen molar-refractivity contribution in [3.63, 3.8) is 0 Å². The number of hydrogen-bond acceptors (Lipinski definition) is 6. The van der Waals surface area contributed by atoms with Crippen molar-refractivity contribution in [3.8, 4) is 0 Å². The molecule has 9 nitrogen and oxygen atoms in total. The van der Waals surface area contributed by atoms with Gasteiger partial charge in [0.05, 0.1) is 18.7 Å². The topological polar surface area (TPSA) is 112 Å². The van der Waals surface area contributed by atoms with Crippen molar-refractivity contribution in [3.05, 3.63) is 65.0 Å². The normalized spacial score (nSPS) is 10.6. The van der Waals surface area contributed by atoms with Crippen LogP contribution in [0.4, 0.5) is 19.7 Å². The van der Waals surface area contributed by atoms with Gasteiger partial charge >= 0.3 is 18.0 Å². The van der Waals surface area contributed by atoms with Crippen molar-refractivity contribution >= 4 is 23.7 Å². The van der Waals surface area contributed by atoms with E-state index < -0.39 is 18.0 Å². The zero-order valence-electron chi connectivity index (χ0n) is 20.6. The molecule has 0 unspecified atom stereocenters. The van der Waals surface area contributed by atoms with E-state index in [9.17, 15) is 18.8 Å². The maximum absolute atomic E-state index is 14.3. The lowest BCUT2D eigenvalue weighted by Gasteiger charge is -2.22. The Morgan fingerprint density at radius 3 is 2.40 bits per heavy atom. The summed E-state index contributed by atoms with van der Waals surface area (Å²) in [6, 6.07) is 10.7. The molecule has 35 heavy (non-hydrogen) atoms. The maximum atomic E-state index is 14.3. The molecule has 190 valence electrons. The van der Waals surface area contributed by atoms with E-state index in [0.717, 1.165) is 16.0 Å². The molecule has 0 bridgehead atoms. The summed E-state index contributed by atoms with van der Waals surface area (Å²) in [5.41, 5.74) is 10.4. The van der Waals surface area contributed by atoms with Crippen molar-refractivity contribution < 1.29 is 23.5 Å². The van der Waals surface area contributed by atoms with E-state index >= 15 is 0 Å². The van der Waals surface area contributed by atoms with Crippen LogP contribution in [-0.2, 0) is 22.5 Å². The highest BCUT2D eigenvalue weighted by atomic mass is 19.1. The number of esters is 1. The summed E-state index contributed by atoms with van der Waals surface area (Å²) in [6.45, 7) is 7.85. The van der Waals surface area contributed by atoms with Gasteiger partial charge in [0.25, 0.3) is 0 Å². The maximum Gasteiger partial charge on any atom is 0.341 e. The first kappa shape index (κ1) is 27.6. The van der Waals surface area contributed by atoms with Gasteiger partial charge < -0.3 is 15.5 Å². The number of hydrogen-bond donors (Lipinski definition) is 4. The second-order valence-corrected chi connectivity index (χ2v) is 8.44. The van der Waals surface area contributed by atoms with Crippen molar-refractivity contribution in [2.45, 2.75) is 47.1 Å². The Bertz CT molecular complexity index is 998. The number of benzene rings is 2. The van der Waals surface area contributed by atoms with Crippen LogP contribution in [-0.4, -0.2) is 36.1 Å². The SMILES string of the molecule is CCOC(=O)CCN(C(=O)NCc1ccc(C)cc1)C(=O)NNNc1ccc(CC(C)C)c(F)c1. The van der Waals surface area contributed by atoms with E-state index in [1.165, 1.54) is 6.07 Å². The summed E-state index contributed by atoms with van der Waals surface area (Å²) in [7, 11) is 0. The van der Waals surface area contributed by atoms with Gasteiger partial charge in [0.15, 0.2) is 0 Å². The van der Waals surface area contributed by atoms with Crippen LogP contribution in [0, 0.1) is 18.7 Å². The molecule has 0 radical (unpaired) electrons. The van der Waals surface area contributed by atoms with Crippen LogP contribution in [0.5, 0.6) is 0 Å². The average molecular weight is 488 g/mol. The van der Waals surface area contributed by atoms with Gasteiger partial charge in [-0.3, -0.25) is 10.2 Å². The summed E-state index contributed by atoms with van der Waals surface area (Å²) in [4.78, 5) is 38.0. The Balaban J connectivity index is 1.96. The summed E-state index contributed by atoms with van der Waals surface area (Å²) < 4.78 is 19.1. The van der Waals surface area contributed by atoms with Gasteiger partial charge in [-0.05, 0) is 49.4 Å². The Kier molecular flexibility index (Phi) is 11.0. The number of carbonyl (C=O) groups is 3. The highest BCUT2D eigenvalue weighted by Gasteiger charge is 2.22. The second kappa shape index (κ2) is 13.9. The van der Waals surface area contributed by atoms with Crippen molar-refractivity contribution in [1.82, 2.24) is 21.2 Å². The molecule has 2 aromatic carbocycles. The van der Waals surface area contributed by atoms with Crippen LogP contribution < -0.4 is 21.7 Å². The number of hydrazine groups is 2. The number of imide groups is 1. The lowest BCUT2D eigenvalue weighted by Crippen LogP contribution is -2.53. The fourth-order valence-corrected chi connectivity index (χ4v) is 3.17. The Labute approximate surface area is 205 Å². The predicted octanol–water partition coefficient (Wildman–Crippen LogP) is 4.04. The highest BCUT2D eigenvalue weighted by Crippen LogP contribution is 2.17. The van der Waals surface area contributed by atoms with Gasteiger partial charge in [0, 0.05) is 13.1 Å². The van der Waals surface area contributed by atoms with Gasteiger partial charge in [0.1, 0.15) is 5.82 Å². The number of urea groups is 2. The summed E-state index contributed by atoms with van der Waals surface area (Å²) >= 11 is 0. The van der Waals surface area contributed by atoms with Gasteiger partial charge in [-0.1, -0.05) is 49.7 Å². The first-order valence-electron chi connectivity index (χ1n) is 11.6. The fourth-order valence-electron chi connectivity index (χ4n) is 3.17. The molecule has 0 spiro atoms. The number of amides is 4. The number of carbonyl (C=O) groups excluding carboxylic acids is 3. The number of aryl methyl sites for hydroxylation is 1. The van der Waals surface area contributed by atoms with E-state index in [4.69, 9.17) is 4.74 Å². The molecule has 0 saturated heterocycles. The van der Waals surface area contributed by atoms with Crippen LogP contribution in [0.1, 0.15) is 43.9 Å². The minimum atomic E-state index is -0.805. The van der Waals surface area contributed by atoms with Crippen LogP contribution in [0.15, 0.2) is 42.5 Å². The quantitative estimate of drug-likeness (QED) is 0.281. The van der Waals surface area contributed by atoms with Crippen molar-refractivity contribution in [2.75, 3.05) is 18.6 Å². The second-order valence-electron chi connectivity index (χ2n) is 8.44. The monoisotopic (exact) mass is 487 g/mol. The molecule has 0 heterocycles. The van der Waals surface area contributed by atoms with Crippen molar-refractivity contribution in [1.29, 1.82) is 0 Å². The molecule has 0 saturated carbocycles. The van der Waals surface area contributed by atoms with Crippen LogP contribution >= 0.6 is 0 Å². The summed E-state index contributed by atoms with van der Waals surface area (Å²) in [5.74, 6) is -0.568. The lowest BCUT2D eigenvalue weighted by atomic mass is 10.0. The van der Waals surface area contributed by atoms with E-state index in [1.54, 1.807) is 19.1 Å². The number of ether oxygens (including phenoxy) is 1. The number of anilines is 1. The minimum Gasteiger partial charge on any atom is -0.466 e. The minimum absolute atomic E-state index is 0.158. The Morgan fingerprint density at radius 2 is 1.77 bits per heavy atom. The first-order valence-corrected chi connectivity index (χ1v) is 11.6. The highest BCUT2D eigenvalue weighted by molar-refractivity contribution is 5.93. The molecule has 0 aliphatic rings. The van der Waals surface area contributed by atoms with E-state index in [0.29, 0.717) is 23.6 Å². The van der Waals surface area contributed by atoms with E-state index in [2.05, 4.69) is 21.7 Å². The fraction of sp³-hybridized carbons (Fsp3) is 0.400. The molecule has 0 aliphatic carbocycles. The molecule has 2 aromatic rings. The van der Waals surface area contributed by atoms with Crippen molar-refractivity contribution in [2.24, 2.45) is 5.92 Å². The van der Waals surface area contributed by atoms with Crippen LogP contribution in [0.3, 0.4) is 0 Å². The zero-order valence-corrected chi connectivity index (χ0v) is 20.6. The van der Waals surface area contributed by atoms with Gasteiger partial charge in [-0.2, -0.15) is 0 Å². The predicted molar refractivity (Wildman–Crippen MR) is 132 cm³/mol. The molecule has 10 heteroatoms. The van der Waals surface area contributed by atoms with Gasteiger partial charge in [-0.15, -0.1) is 5.53 Å². The lowest BCUT2D eigenvalue weighted by molar-refractivity contribution is -0.143. The number of nitrogens with one attached hydrogen (secondary N) is 4. The van der Waals surface area contributed by atoms with E-state index in [1.807, 2.05) is 45.0 Å². The molecule has 4 amide bonds. The number of halogens is 1. The average Bonchev–Trinajstić information content (AvgIpc) is 2.80. The standard InChI is InChI=1S/C25H34FN5O4/c1-5-35-23(32)12-13-31(24(33)27-16-19-8-6-18(4)7-9-19)25(34)29-30-28-21-11-10-20(14-17(2)3)22(26)15-21/h6-11,15,17,28,30H,5,12-14,16H2,1-4H3,(H,27,33)(H,29,34). The molecular formula is C25H34FN5O4. The molecule has 2 rings (SSSR count). The summed E-state index contributed by atoms with van der Waals surface area (Å²) in [5, 5.41) is 2.67. The first-order chi connectivity index (χ1) is 16.7. The number of rotatable bonds is 11. The summed E-state index contributed by atoms with van der Waals surface area (Å²) in [6.07, 6.45) is 0.457. The molecule has 0 aliphatic heterocycles. The van der Waals surface area contributed by atoms with Gasteiger partial charge in [-0.25, -0.2) is 18.9 Å². The third-order valence-corrected chi connectivity index (χ3v) is 4.96. The largest absolute Gasteiger partial charge is 0.466 e. The molecule has 0 aromatic heterocycles. The number of nitrogens with zero attached hydrogens (tertiary/aromatic N) is 1. The molecule has 4 N–H and O–H groups in total. The smallest absolute Gasteiger partial charge is 0.341 e. The third-order valence-electron chi connectivity index (χ3n) is 4.96. The zero-order chi connectivity index (χ0) is 25.8. The molecular weight excluding hydrogens is 453 g/mol. The van der Waals surface area contributed by atoms with Crippen LogP contribution in [0.25, 0.3) is 0 Å². The van der Waals surface area contributed by atoms with E-state index in [-0.39, 0.29) is 31.9 Å². The van der Waals surface area contributed by atoms with Gasteiger partial charge in [0.2, 0.25) is 0 Å². The third kappa shape index (κ3) is 9.62. The Hall–Kier alpha value is -3.66. The van der Waals surface area contributed by atoms with Crippen LogP contribution in [0.2, 0.25) is 0 Å². The molecule has 0 atom stereocenters. The molecule has 0 fully saturated rings.